The third kappa shape index (κ3) is 1.87. The second-order valence-electron chi connectivity index (χ2n) is 3.76. The van der Waals surface area contributed by atoms with Gasteiger partial charge in [-0.3, -0.25) is 0 Å². The normalized spacial score (nSPS) is 19.8. The van der Waals surface area contributed by atoms with Crippen molar-refractivity contribution in [1.82, 2.24) is 5.32 Å². The lowest BCUT2D eigenvalue weighted by Crippen LogP contribution is -2.27. The molecule has 0 saturated heterocycles. The molecule has 0 spiro atoms. The summed E-state index contributed by atoms with van der Waals surface area (Å²) >= 11 is 13.1. The molecule has 0 aromatic carbocycles. The van der Waals surface area contributed by atoms with Gasteiger partial charge in [0.25, 0.3) is 0 Å². The lowest BCUT2D eigenvalue weighted by molar-refractivity contribution is 0.600. The van der Waals surface area contributed by atoms with E-state index in [1.165, 1.54) is 19.8 Å². The predicted octanol–water partition coefficient (Wildman–Crippen LogP) is 4.46. The van der Waals surface area contributed by atoms with Gasteiger partial charge in [0.05, 0.1) is 8.12 Å². The molecule has 5 heteroatoms. The minimum atomic E-state index is 0.438. The highest BCUT2D eigenvalue weighted by Gasteiger charge is 2.25. The van der Waals surface area contributed by atoms with Gasteiger partial charge in [-0.1, -0.05) is 11.6 Å². The number of rotatable bonds is 1. The fraction of sp³-hybridized carbons (Fsp3) is 0.273. The molecule has 1 unspecified atom stereocenters. The van der Waals surface area contributed by atoms with Gasteiger partial charge in [-0.25, -0.2) is 0 Å². The van der Waals surface area contributed by atoms with Crippen molar-refractivity contribution in [3.8, 4) is 0 Å². The van der Waals surface area contributed by atoms with Crippen molar-refractivity contribution >= 4 is 50.2 Å². The van der Waals surface area contributed by atoms with Gasteiger partial charge in [-0.15, -0.1) is 22.7 Å². The Labute approximate surface area is 116 Å². The molecule has 0 saturated carbocycles. The third-order valence-corrected chi connectivity index (χ3v) is 5.86. The maximum atomic E-state index is 6.10. The summed E-state index contributed by atoms with van der Waals surface area (Å²) in [4.78, 5) is 1.37. The Morgan fingerprint density at radius 2 is 2.31 bits per heavy atom. The molecule has 0 bridgehead atoms. The largest absolute Gasteiger partial charge is 0.311 e. The first kappa shape index (κ1) is 11.2. The molecule has 0 aliphatic carbocycles. The molecule has 0 amide bonds. The Kier molecular flexibility index (Phi) is 3.11. The Balaban J connectivity index is 2.08. The van der Waals surface area contributed by atoms with E-state index in [9.17, 15) is 0 Å². The smallest absolute Gasteiger partial charge is 0.0934 e. The summed E-state index contributed by atoms with van der Waals surface area (Å²) in [7, 11) is 0. The summed E-state index contributed by atoms with van der Waals surface area (Å²) in [6.45, 7) is 1.94. The van der Waals surface area contributed by atoms with Crippen molar-refractivity contribution in [1.29, 1.82) is 0 Å². The molecule has 0 radical (unpaired) electrons. The highest BCUT2D eigenvalue weighted by Crippen LogP contribution is 2.40. The van der Waals surface area contributed by atoms with E-state index in [2.05, 4.69) is 38.8 Å². The van der Waals surface area contributed by atoms with Crippen molar-refractivity contribution in [2.45, 2.75) is 12.5 Å². The topological polar surface area (TPSA) is 12.0 Å². The maximum absolute atomic E-state index is 6.10. The van der Waals surface area contributed by atoms with Gasteiger partial charge in [-0.05, 0) is 44.6 Å². The third-order valence-electron chi connectivity index (χ3n) is 2.84. The molecule has 0 fully saturated rings. The standard InChI is InChI=1S/C11H9BrClNS2/c12-11-6(1-2-15-11)8-4-14-5-9-7(8)3-10(13)16-9/h1-3,8,14H,4-5H2. The fourth-order valence-corrected chi connectivity index (χ4v) is 4.84. The minimum Gasteiger partial charge on any atom is -0.311 e. The number of fused-ring (bicyclic) bond motifs is 1. The number of nitrogens with one attached hydrogen (secondary N) is 1. The van der Waals surface area contributed by atoms with Gasteiger partial charge in [0, 0.05) is 23.9 Å². The van der Waals surface area contributed by atoms with Crippen LogP contribution < -0.4 is 5.32 Å². The maximum Gasteiger partial charge on any atom is 0.0934 e. The van der Waals surface area contributed by atoms with Crippen molar-refractivity contribution < 1.29 is 0 Å². The molecule has 2 aromatic rings. The Hall–Kier alpha value is 0.130. The first-order valence-corrected chi connectivity index (χ1v) is 7.84. The lowest BCUT2D eigenvalue weighted by atomic mass is 9.91. The molecule has 1 N–H and O–H groups in total. The summed E-state index contributed by atoms with van der Waals surface area (Å²) in [5, 5.41) is 5.58. The van der Waals surface area contributed by atoms with E-state index in [0.717, 1.165) is 17.4 Å². The average Bonchev–Trinajstić information content (AvgIpc) is 2.82. The molecule has 16 heavy (non-hydrogen) atoms. The number of hydrogen-bond donors (Lipinski definition) is 1. The van der Waals surface area contributed by atoms with Gasteiger partial charge in [-0.2, -0.15) is 0 Å². The van der Waals surface area contributed by atoms with E-state index in [0.29, 0.717) is 5.92 Å². The highest BCUT2D eigenvalue weighted by molar-refractivity contribution is 9.11. The molecule has 84 valence electrons. The first-order chi connectivity index (χ1) is 7.75. The van der Waals surface area contributed by atoms with Gasteiger partial charge in [0.15, 0.2) is 0 Å². The summed E-state index contributed by atoms with van der Waals surface area (Å²) < 4.78 is 2.12. The number of halogens is 2. The SMILES string of the molecule is Clc1cc2c(s1)CNCC2c1ccsc1Br. The molecular weight excluding hydrogens is 326 g/mol. The zero-order valence-corrected chi connectivity index (χ0v) is 12.3. The van der Waals surface area contributed by atoms with Crippen LogP contribution in [0.3, 0.4) is 0 Å². The van der Waals surface area contributed by atoms with Crippen molar-refractivity contribution in [2.75, 3.05) is 6.54 Å². The van der Waals surface area contributed by atoms with E-state index in [1.54, 1.807) is 22.7 Å². The number of hydrogen-bond acceptors (Lipinski definition) is 3. The van der Waals surface area contributed by atoms with Crippen LogP contribution in [-0.2, 0) is 6.54 Å². The minimum absolute atomic E-state index is 0.438. The second-order valence-corrected chi connectivity index (χ2v) is 7.76. The van der Waals surface area contributed by atoms with E-state index < -0.39 is 0 Å². The average molecular weight is 335 g/mol. The van der Waals surface area contributed by atoms with E-state index >= 15 is 0 Å². The monoisotopic (exact) mass is 333 g/mol. The Morgan fingerprint density at radius 1 is 1.44 bits per heavy atom. The van der Waals surface area contributed by atoms with Gasteiger partial charge in [0.1, 0.15) is 0 Å². The molecule has 1 aliphatic rings. The van der Waals surface area contributed by atoms with Crippen LogP contribution in [-0.4, -0.2) is 6.54 Å². The van der Waals surface area contributed by atoms with Gasteiger partial charge < -0.3 is 5.32 Å². The van der Waals surface area contributed by atoms with Gasteiger partial charge in [0.2, 0.25) is 0 Å². The highest BCUT2D eigenvalue weighted by atomic mass is 79.9. The van der Waals surface area contributed by atoms with E-state index in [-0.39, 0.29) is 0 Å². The summed E-state index contributed by atoms with van der Waals surface area (Å²) in [6.07, 6.45) is 0. The zero-order chi connectivity index (χ0) is 11.1. The molecule has 1 aliphatic heterocycles. The van der Waals surface area contributed by atoms with E-state index in [4.69, 9.17) is 11.6 Å². The Morgan fingerprint density at radius 3 is 3.06 bits per heavy atom. The molecular formula is C11H9BrClNS2. The predicted molar refractivity (Wildman–Crippen MR) is 74.9 cm³/mol. The zero-order valence-electron chi connectivity index (χ0n) is 8.30. The van der Waals surface area contributed by atoms with Crippen LogP contribution in [0.1, 0.15) is 21.9 Å². The Bertz CT molecular complexity index is 520. The van der Waals surface area contributed by atoms with E-state index in [1.807, 2.05) is 0 Å². The number of thiophene rings is 2. The van der Waals surface area contributed by atoms with Crippen LogP contribution in [0.15, 0.2) is 21.3 Å². The molecule has 1 atom stereocenters. The quantitative estimate of drug-likeness (QED) is 0.812. The molecule has 3 heterocycles. The summed E-state index contributed by atoms with van der Waals surface area (Å²) in [5.74, 6) is 0.438. The summed E-state index contributed by atoms with van der Waals surface area (Å²) in [5.41, 5.74) is 2.76. The molecule has 2 aromatic heterocycles. The molecule has 1 nitrogen and oxygen atoms in total. The summed E-state index contributed by atoms with van der Waals surface area (Å²) in [6, 6.07) is 4.32. The van der Waals surface area contributed by atoms with Crippen LogP contribution in [0.25, 0.3) is 0 Å². The van der Waals surface area contributed by atoms with Crippen LogP contribution >= 0.6 is 50.2 Å². The van der Waals surface area contributed by atoms with Crippen LogP contribution in [0, 0.1) is 0 Å². The van der Waals surface area contributed by atoms with Crippen molar-refractivity contribution in [3.05, 3.63) is 41.6 Å². The first-order valence-electron chi connectivity index (χ1n) is 4.97. The van der Waals surface area contributed by atoms with Crippen molar-refractivity contribution in [3.63, 3.8) is 0 Å². The molecule has 3 rings (SSSR count). The van der Waals surface area contributed by atoms with Crippen LogP contribution in [0.5, 0.6) is 0 Å². The van der Waals surface area contributed by atoms with Crippen LogP contribution in [0.2, 0.25) is 4.34 Å². The van der Waals surface area contributed by atoms with Gasteiger partial charge >= 0.3 is 0 Å². The van der Waals surface area contributed by atoms with Crippen LogP contribution in [0.4, 0.5) is 0 Å². The lowest BCUT2D eigenvalue weighted by Gasteiger charge is -2.23. The fourth-order valence-electron chi connectivity index (χ4n) is 2.11. The van der Waals surface area contributed by atoms with Crippen molar-refractivity contribution in [2.24, 2.45) is 0 Å². The second kappa shape index (κ2) is 4.42.